The first kappa shape index (κ1) is 18.5. The van der Waals surface area contributed by atoms with Gasteiger partial charge in [-0.2, -0.15) is 4.31 Å². The maximum absolute atomic E-state index is 12.5. The summed E-state index contributed by atoms with van der Waals surface area (Å²) >= 11 is 0. The summed E-state index contributed by atoms with van der Waals surface area (Å²) in [6.45, 7) is 3.46. The van der Waals surface area contributed by atoms with Crippen molar-refractivity contribution < 1.29 is 13.5 Å². The molecule has 7 nitrogen and oxygen atoms in total. The molecule has 26 heavy (non-hydrogen) atoms. The molecule has 1 aromatic carbocycles. The van der Waals surface area contributed by atoms with Gasteiger partial charge in [0, 0.05) is 37.8 Å². The fourth-order valence-electron chi connectivity index (χ4n) is 2.73. The lowest BCUT2D eigenvalue weighted by Crippen LogP contribution is -2.48. The van der Waals surface area contributed by atoms with Crippen LogP contribution in [-0.4, -0.2) is 54.0 Å². The van der Waals surface area contributed by atoms with Crippen molar-refractivity contribution >= 4 is 21.9 Å². The Bertz CT molecular complexity index is 861. The van der Waals surface area contributed by atoms with Crippen molar-refractivity contribution in [2.75, 3.05) is 31.1 Å². The molecular weight excluding hydrogens is 352 g/mol. The average Bonchev–Trinajstić information content (AvgIpc) is 2.67. The van der Waals surface area contributed by atoms with Gasteiger partial charge < -0.3 is 10.0 Å². The summed E-state index contributed by atoms with van der Waals surface area (Å²) in [7, 11) is -3.46. The van der Waals surface area contributed by atoms with Gasteiger partial charge in [-0.05, 0) is 24.6 Å². The van der Waals surface area contributed by atoms with E-state index >= 15 is 0 Å². The molecule has 0 aliphatic carbocycles. The number of aliphatic hydroxyl groups is 1. The molecule has 1 fully saturated rings. The van der Waals surface area contributed by atoms with E-state index in [0.717, 1.165) is 5.56 Å². The van der Waals surface area contributed by atoms with Crippen LogP contribution in [0.3, 0.4) is 0 Å². The van der Waals surface area contributed by atoms with Gasteiger partial charge in [-0.15, -0.1) is 0 Å². The third-order valence-corrected chi connectivity index (χ3v) is 5.75. The molecule has 1 saturated heterocycles. The number of aromatic nitrogens is 2. The largest absolute Gasteiger partial charge is 0.385 e. The van der Waals surface area contributed by atoms with Crippen LogP contribution in [-0.2, 0) is 10.0 Å². The summed E-state index contributed by atoms with van der Waals surface area (Å²) in [5.74, 6) is 1.07. The number of sulfonamides is 1. The molecule has 0 amide bonds. The number of anilines is 1. The minimum absolute atomic E-state index is 0.364. The van der Waals surface area contributed by atoms with E-state index in [9.17, 15) is 13.5 Å². The van der Waals surface area contributed by atoms with E-state index in [4.69, 9.17) is 0 Å². The lowest BCUT2D eigenvalue weighted by atomic mass is 10.2. The fourth-order valence-corrected chi connectivity index (χ4v) is 3.90. The average molecular weight is 374 g/mol. The minimum atomic E-state index is -3.46. The first-order chi connectivity index (χ1) is 12.5. The minimum Gasteiger partial charge on any atom is -0.385 e. The Hall–Kier alpha value is -2.29. The van der Waals surface area contributed by atoms with Crippen molar-refractivity contribution in [1.29, 1.82) is 0 Å². The number of hydrogen-bond donors (Lipinski definition) is 1. The molecule has 3 rings (SSSR count). The van der Waals surface area contributed by atoms with E-state index in [0.29, 0.717) is 37.8 Å². The Morgan fingerprint density at radius 2 is 1.81 bits per heavy atom. The lowest BCUT2D eigenvalue weighted by Gasteiger charge is -2.34. The van der Waals surface area contributed by atoms with Crippen LogP contribution in [0.2, 0.25) is 0 Å². The Labute approximate surface area is 153 Å². The number of benzene rings is 1. The molecule has 2 heterocycles. The number of nitrogens with zero attached hydrogens (tertiary/aromatic N) is 4. The molecule has 8 heteroatoms. The second-order valence-electron chi connectivity index (χ2n) is 6.09. The van der Waals surface area contributed by atoms with Crippen LogP contribution in [0.25, 0.3) is 6.08 Å². The Balaban J connectivity index is 1.64. The predicted molar refractivity (Wildman–Crippen MR) is 101 cm³/mol. The zero-order valence-corrected chi connectivity index (χ0v) is 15.4. The third kappa shape index (κ3) is 4.46. The van der Waals surface area contributed by atoms with Crippen LogP contribution >= 0.6 is 0 Å². The molecule has 2 aromatic rings. The lowest BCUT2D eigenvalue weighted by molar-refractivity contribution is 0.189. The maximum Gasteiger partial charge on any atom is 0.236 e. The van der Waals surface area contributed by atoms with E-state index < -0.39 is 16.1 Å². The number of hydrogen-bond acceptors (Lipinski definition) is 6. The van der Waals surface area contributed by atoms with Gasteiger partial charge in [0.05, 0.1) is 0 Å². The molecule has 0 spiro atoms. The summed E-state index contributed by atoms with van der Waals surface area (Å²) in [6.07, 6.45) is 2.48. The Morgan fingerprint density at radius 3 is 2.46 bits per heavy atom. The highest BCUT2D eigenvalue weighted by atomic mass is 32.2. The van der Waals surface area contributed by atoms with Crippen LogP contribution in [0.4, 0.5) is 5.82 Å². The summed E-state index contributed by atoms with van der Waals surface area (Å²) < 4.78 is 26.5. The topological polar surface area (TPSA) is 86.6 Å². The van der Waals surface area contributed by atoms with E-state index in [1.54, 1.807) is 25.3 Å². The van der Waals surface area contributed by atoms with Crippen LogP contribution in [0.5, 0.6) is 0 Å². The van der Waals surface area contributed by atoms with Gasteiger partial charge in [0.15, 0.2) is 5.82 Å². The fraction of sp³-hybridized carbons (Fsp3) is 0.333. The number of aliphatic hydroxyl groups excluding tert-OH is 1. The molecule has 0 bridgehead atoms. The third-order valence-electron chi connectivity index (χ3n) is 4.19. The molecular formula is C18H22N4O3S. The second-order valence-corrected chi connectivity index (χ2v) is 7.91. The normalized spacial score (nSPS) is 17.5. The van der Waals surface area contributed by atoms with Crippen molar-refractivity contribution in [1.82, 2.24) is 14.3 Å². The van der Waals surface area contributed by atoms with E-state index in [1.165, 1.54) is 9.71 Å². The summed E-state index contributed by atoms with van der Waals surface area (Å²) in [6, 6.07) is 11.1. The van der Waals surface area contributed by atoms with E-state index in [2.05, 4.69) is 9.97 Å². The molecule has 0 saturated carbocycles. The van der Waals surface area contributed by atoms with Gasteiger partial charge in [-0.1, -0.05) is 30.3 Å². The van der Waals surface area contributed by atoms with Crippen molar-refractivity contribution in [3.63, 3.8) is 0 Å². The first-order valence-electron chi connectivity index (χ1n) is 8.45. The molecule has 1 aliphatic rings. The highest BCUT2D eigenvalue weighted by Gasteiger charge is 2.25. The summed E-state index contributed by atoms with van der Waals surface area (Å²) in [5.41, 5.74) is 0.848. The SMILES string of the molecule is C[C@@H](O)c1nccc(N2CCN(S(=O)(=O)/C=C/c3ccccc3)CC2)n1. The Morgan fingerprint density at radius 1 is 1.12 bits per heavy atom. The van der Waals surface area contributed by atoms with Crippen molar-refractivity contribution in [2.45, 2.75) is 13.0 Å². The smallest absolute Gasteiger partial charge is 0.236 e. The second kappa shape index (κ2) is 7.94. The van der Waals surface area contributed by atoms with Gasteiger partial charge in [0.25, 0.3) is 0 Å². The Kier molecular flexibility index (Phi) is 5.65. The molecule has 1 N–H and O–H groups in total. The number of piperazine rings is 1. The van der Waals surface area contributed by atoms with E-state index in [-0.39, 0.29) is 0 Å². The molecule has 138 valence electrons. The van der Waals surface area contributed by atoms with Gasteiger partial charge in [0.1, 0.15) is 11.9 Å². The van der Waals surface area contributed by atoms with Crippen molar-refractivity contribution in [2.24, 2.45) is 0 Å². The van der Waals surface area contributed by atoms with Crippen molar-refractivity contribution in [3.05, 3.63) is 59.4 Å². The highest BCUT2D eigenvalue weighted by molar-refractivity contribution is 7.92. The quantitative estimate of drug-likeness (QED) is 0.856. The molecule has 1 atom stereocenters. The van der Waals surface area contributed by atoms with Gasteiger partial charge in [-0.3, -0.25) is 0 Å². The molecule has 1 aliphatic heterocycles. The molecule has 1 aromatic heterocycles. The zero-order valence-electron chi connectivity index (χ0n) is 14.6. The predicted octanol–water partition coefficient (Wildman–Crippen LogP) is 1.65. The summed E-state index contributed by atoms with van der Waals surface area (Å²) in [4.78, 5) is 10.4. The molecule has 0 unspecified atom stereocenters. The highest BCUT2D eigenvalue weighted by Crippen LogP contribution is 2.18. The maximum atomic E-state index is 12.5. The monoisotopic (exact) mass is 374 g/mol. The van der Waals surface area contributed by atoms with Gasteiger partial charge in [-0.25, -0.2) is 18.4 Å². The first-order valence-corrected chi connectivity index (χ1v) is 9.95. The summed E-state index contributed by atoms with van der Waals surface area (Å²) in [5, 5.41) is 10.9. The zero-order chi connectivity index (χ0) is 18.6. The van der Waals surface area contributed by atoms with Crippen LogP contribution < -0.4 is 4.90 Å². The van der Waals surface area contributed by atoms with E-state index in [1.807, 2.05) is 35.2 Å². The van der Waals surface area contributed by atoms with Gasteiger partial charge >= 0.3 is 0 Å². The molecule has 0 radical (unpaired) electrons. The van der Waals surface area contributed by atoms with Crippen LogP contribution in [0.1, 0.15) is 24.4 Å². The van der Waals surface area contributed by atoms with Gasteiger partial charge in [0.2, 0.25) is 10.0 Å². The van der Waals surface area contributed by atoms with Crippen LogP contribution in [0.15, 0.2) is 48.0 Å². The van der Waals surface area contributed by atoms with Crippen LogP contribution in [0, 0.1) is 0 Å². The standard InChI is InChI=1S/C18H22N4O3S/c1-15(23)18-19-9-7-17(20-18)21-10-12-22(13-11-21)26(24,25)14-8-16-5-3-2-4-6-16/h2-9,14-15,23H,10-13H2,1H3/b14-8+/t15-/m1/s1. The number of rotatable bonds is 5. The van der Waals surface area contributed by atoms with Crippen molar-refractivity contribution in [3.8, 4) is 0 Å².